The summed E-state index contributed by atoms with van der Waals surface area (Å²) in [6.07, 6.45) is 0. The second-order valence-corrected chi connectivity index (χ2v) is 4.94. The van der Waals surface area contributed by atoms with Gasteiger partial charge in [0.05, 0.1) is 23.6 Å². The van der Waals surface area contributed by atoms with E-state index in [9.17, 15) is 8.78 Å². The van der Waals surface area contributed by atoms with Crippen LogP contribution < -0.4 is 5.32 Å². The fourth-order valence-corrected chi connectivity index (χ4v) is 2.90. The predicted molar refractivity (Wildman–Crippen MR) is 61.7 cm³/mol. The first-order valence-corrected chi connectivity index (χ1v) is 5.89. The standard InChI is InChI=1S/C10H6F2N2S2/c11-6-1-2-7-9(8(6)12)13-3-5-4-16-10(15)14(5)7/h1-2,4,13H,3H2. The van der Waals surface area contributed by atoms with Gasteiger partial charge in [0, 0.05) is 5.38 Å². The minimum absolute atomic E-state index is 0.182. The van der Waals surface area contributed by atoms with Gasteiger partial charge in [0.1, 0.15) is 0 Å². The van der Waals surface area contributed by atoms with Gasteiger partial charge in [0.2, 0.25) is 0 Å². The van der Waals surface area contributed by atoms with Crippen LogP contribution in [0.15, 0.2) is 17.5 Å². The second-order valence-electron chi connectivity index (χ2n) is 3.44. The molecule has 0 spiro atoms. The lowest BCUT2D eigenvalue weighted by molar-refractivity contribution is 0.509. The zero-order valence-corrected chi connectivity index (χ0v) is 9.59. The SMILES string of the molecule is Fc1ccc2c(c1F)NCc1csc(=S)n1-2. The summed E-state index contributed by atoms with van der Waals surface area (Å²) >= 11 is 6.58. The van der Waals surface area contributed by atoms with Gasteiger partial charge in [-0.15, -0.1) is 11.3 Å². The van der Waals surface area contributed by atoms with Gasteiger partial charge in [-0.1, -0.05) is 0 Å². The zero-order chi connectivity index (χ0) is 11.3. The van der Waals surface area contributed by atoms with Crippen molar-refractivity contribution in [3.8, 4) is 5.69 Å². The van der Waals surface area contributed by atoms with Gasteiger partial charge in [0.25, 0.3) is 0 Å². The molecule has 1 aliphatic rings. The summed E-state index contributed by atoms with van der Waals surface area (Å²) in [5.74, 6) is -1.70. The number of halogens is 2. The third kappa shape index (κ3) is 1.23. The molecule has 0 unspecified atom stereocenters. The number of nitrogens with zero attached hydrogens (tertiary/aromatic N) is 1. The van der Waals surface area contributed by atoms with Crippen LogP contribution in [0, 0.1) is 15.6 Å². The third-order valence-corrected chi connectivity index (χ3v) is 3.77. The number of aromatic nitrogens is 1. The molecule has 6 heteroatoms. The molecular weight excluding hydrogens is 250 g/mol. The molecule has 16 heavy (non-hydrogen) atoms. The molecule has 2 heterocycles. The van der Waals surface area contributed by atoms with Crippen molar-refractivity contribution in [3.63, 3.8) is 0 Å². The number of nitrogens with one attached hydrogen (secondary N) is 1. The number of thiazole rings is 1. The Kier molecular flexibility index (Phi) is 2.08. The first kappa shape index (κ1) is 9.92. The Balaban J connectivity index is 2.37. The Morgan fingerprint density at radius 2 is 2.19 bits per heavy atom. The molecule has 0 saturated carbocycles. The molecule has 2 nitrogen and oxygen atoms in total. The van der Waals surface area contributed by atoms with Crippen molar-refractivity contribution >= 4 is 29.2 Å². The number of hydrogen-bond acceptors (Lipinski definition) is 3. The molecule has 82 valence electrons. The van der Waals surface area contributed by atoms with Crippen LogP contribution in [0.3, 0.4) is 0 Å². The molecular formula is C10H6F2N2S2. The molecule has 1 aliphatic heterocycles. The first-order chi connectivity index (χ1) is 7.68. The van der Waals surface area contributed by atoms with E-state index in [4.69, 9.17) is 12.2 Å². The highest BCUT2D eigenvalue weighted by Gasteiger charge is 2.21. The van der Waals surface area contributed by atoms with Crippen molar-refractivity contribution in [2.75, 3.05) is 5.32 Å². The first-order valence-electron chi connectivity index (χ1n) is 4.60. The second kappa shape index (κ2) is 3.36. The Morgan fingerprint density at radius 3 is 3.00 bits per heavy atom. The summed E-state index contributed by atoms with van der Waals surface area (Å²) in [7, 11) is 0. The monoisotopic (exact) mass is 256 g/mol. The van der Waals surface area contributed by atoms with Crippen LogP contribution in [0.2, 0.25) is 0 Å². The number of rotatable bonds is 0. The van der Waals surface area contributed by atoms with Gasteiger partial charge in [-0.3, -0.25) is 4.57 Å². The Morgan fingerprint density at radius 1 is 1.38 bits per heavy atom. The minimum atomic E-state index is -0.851. The van der Waals surface area contributed by atoms with Crippen LogP contribution >= 0.6 is 23.6 Å². The minimum Gasteiger partial charge on any atom is -0.375 e. The lowest BCUT2D eigenvalue weighted by Crippen LogP contribution is -2.16. The molecule has 1 aromatic carbocycles. The quantitative estimate of drug-likeness (QED) is 0.727. The molecule has 2 aromatic rings. The van der Waals surface area contributed by atoms with E-state index < -0.39 is 11.6 Å². The van der Waals surface area contributed by atoms with E-state index in [0.29, 0.717) is 16.2 Å². The highest BCUT2D eigenvalue weighted by Crippen LogP contribution is 2.32. The summed E-state index contributed by atoms with van der Waals surface area (Å²) in [6.45, 7) is 0.459. The lowest BCUT2D eigenvalue weighted by Gasteiger charge is -2.21. The Hall–Kier alpha value is -1.27. The Labute approximate surface area is 99.2 Å². The molecule has 0 saturated heterocycles. The van der Waals surface area contributed by atoms with Crippen LogP contribution in [0.5, 0.6) is 0 Å². The fourth-order valence-electron chi connectivity index (χ4n) is 1.79. The maximum absolute atomic E-state index is 13.5. The van der Waals surface area contributed by atoms with Crippen LogP contribution in [0.1, 0.15) is 5.69 Å². The van der Waals surface area contributed by atoms with E-state index in [2.05, 4.69) is 5.32 Å². The van der Waals surface area contributed by atoms with Gasteiger partial charge < -0.3 is 5.32 Å². The van der Waals surface area contributed by atoms with Crippen molar-refractivity contribution in [1.82, 2.24) is 4.57 Å². The van der Waals surface area contributed by atoms with E-state index in [1.165, 1.54) is 17.4 Å². The lowest BCUT2D eigenvalue weighted by atomic mass is 10.2. The Bertz CT molecular complexity index is 630. The summed E-state index contributed by atoms with van der Waals surface area (Å²) < 4.78 is 29.0. The highest BCUT2D eigenvalue weighted by molar-refractivity contribution is 7.73. The van der Waals surface area contributed by atoms with Crippen LogP contribution in [-0.2, 0) is 6.54 Å². The molecule has 1 aromatic heterocycles. The number of fused-ring (bicyclic) bond motifs is 3. The fraction of sp³-hybridized carbons (Fsp3) is 0.100. The normalized spacial score (nSPS) is 12.9. The molecule has 0 amide bonds. The van der Waals surface area contributed by atoms with E-state index in [1.807, 2.05) is 5.38 Å². The van der Waals surface area contributed by atoms with Gasteiger partial charge in [-0.2, -0.15) is 0 Å². The number of anilines is 1. The number of benzene rings is 1. The largest absolute Gasteiger partial charge is 0.375 e. The van der Waals surface area contributed by atoms with E-state index in [1.54, 1.807) is 4.57 Å². The van der Waals surface area contributed by atoms with Gasteiger partial charge in [-0.25, -0.2) is 8.78 Å². The van der Waals surface area contributed by atoms with Crippen molar-refractivity contribution in [1.29, 1.82) is 0 Å². The summed E-state index contributed by atoms with van der Waals surface area (Å²) in [5, 5.41) is 4.78. The van der Waals surface area contributed by atoms with Crippen LogP contribution in [-0.4, -0.2) is 4.57 Å². The maximum Gasteiger partial charge on any atom is 0.184 e. The topological polar surface area (TPSA) is 17.0 Å². The molecule has 0 bridgehead atoms. The van der Waals surface area contributed by atoms with Crippen molar-refractivity contribution in [2.45, 2.75) is 6.54 Å². The van der Waals surface area contributed by atoms with Crippen LogP contribution in [0.25, 0.3) is 5.69 Å². The predicted octanol–water partition coefficient (Wildman–Crippen LogP) is 3.47. The van der Waals surface area contributed by atoms with Crippen molar-refractivity contribution in [3.05, 3.63) is 38.8 Å². The molecule has 0 atom stereocenters. The third-order valence-electron chi connectivity index (χ3n) is 2.53. The molecule has 0 fully saturated rings. The maximum atomic E-state index is 13.5. The van der Waals surface area contributed by atoms with Crippen LogP contribution in [0.4, 0.5) is 14.5 Å². The van der Waals surface area contributed by atoms with Gasteiger partial charge in [-0.05, 0) is 24.4 Å². The molecule has 1 N–H and O–H groups in total. The number of hydrogen-bond donors (Lipinski definition) is 1. The van der Waals surface area contributed by atoms with E-state index in [0.717, 1.165) is 11.8 Å². The van der Waals surface area contributed by atoms with E-state index in [-0.39, 0.29) is 5.69 Å². The summed E-state index contributed by atoms with van der Waals surface area (Å²) in [6, 6.07) is 2.65. The summed E-state index contributed by atoms with van der Waals surface area (Å²) in [4.78, 5) is 0. The zero-order valence-electron chi connectivity index (χ0n) is 7.96. The summed E-state index contributed by atoms with van der Waals surface area (Å²) in [5.41, 5.74) is 1.72. The highest BCUT2D eigenvalue weighted by atomic mass is 32.1. The van der Waals surface area contributed by atoms with Gasteiger partial charge >= 0.3 is 0 Å². The van der Waals surface area contributed by atoms with E-state index >= 15 is 0 Å². The van der Waals surface area contributed by atoms with Crippen molar-refractivity contribution in [2.24, 2.45) is 0 Å². The van der Waals surface area contributed by atoms with Gasteiger partial charge in [0.15, 0.2) is 15.6 Å². The average molecular weight is 256 g/mol. The molecule has 0 aliphatic carbocycles. The van der Waals surface area contributed by atoms with Crippen molar-refractivity contribution < 1.29 is 8.78 Å². The molecule has 0 radical (unpaired) electrons. The molecule has 3 rings (SSSR count). The smallest absolute Gasteiger partial charge is 0.184 e. The average Bonchev–Trinajstić information content (AvgIpc) is 2.66.